The second-order valence-electron chi connectivity index (χ2n) is 5.24. The molecule has 0 amide bonds. The smallest absolute Gasteiger partial charge is 0.262 e. The number of nitrogens with one attached hydrogen (secondary N) is 1. The zero-order chi connectivity index (χ0) is 15.9. The monoisotopic (exact) mass is 334 g/mol. The Morgan fingerprint density at radius 2 is 2.08 bits per heavy atom. The lowest BCUT2D eigenvalue weighted by molar-refractivity contribution is 0.430. The van der Waals surface area contributed by atoms with Crippen LogP contribution in [0.3, 0.4) is 0 Å². The standard InChI is InChI=1S/C17H10N4O2S/c1-2-4-13-10(3-1)7-14(22-13)16-19-17(23-21-16)12-8-18-20-15(12)11-5-6-24-9-11/h1-9H,(H,18,20). The Morgan fingerprint density at radius 3 is 2.96 bits per heavy atom. The molecule has 5 rings (SSSR count). The van der Waals surface area contributed by atoms with Crippen molar-refractivity contribution < 1.29 is 8.94 Å². The predicted octanol–water partition coefficient (Wildman–Crippen LogP) is 4.60. The number of fused-ring (bicyclic) bond motifs is 1. The molecule has 1 N–H and O–H groups in total. The summed E-state index contributed by atoms with van der Waals surface area (Å²) in [5, 5.41) is 16.2. The molecular weight excluding hydrogens is 324 g/mol. The number of rotatable bonds is 3. The molecule has 4 heterocycles. The number of furan rings is 1. The molecule has 24 heavy (non-hydrogen) atoms. The zero-order valence-electron chi connectivity index (χ0n) is 12.3. The summed E-state index contributed by atoms with van der Waals surface area (Å²) < 4.78 is 11.2. The maximum Gasteiger partial charge on any atom is 0.262 e. The van der Waals surface area contributed by atoms with Crippen LogP contribution >= 0.6 is 11.3 Å². The fourth-order valence-corrected chi connectivity index (χ4v) is 3.25. The van der Waals surface area contributed by atoms with E-state index in [9.17, 15) is 0 Å². The number of thiophene rings is 1. The van der Waals surface area contributed by atoms with Gasteiger partial charge in [-0.05, 0) is 23.6 Å². The van der Waals surface area contributed by atoms with E-state index in [0.717, 1.165) is 27.8 Å². The highest BCUT2D eigenvalue weighted by Gasteiger charge is 2.19. The van der Waals surface area contributed by atoms with Crippen molar-refractivity contribution >= 4 is 22.3 Å². The second kappa shape index (κ2) is 5.17. The molecule has 0 unspecified atom stereocenters. The van der Waals surface area contributed by atoms with Gasteiger partial charge in [0, 0.05) is 16.3 Å². The molecule has 7 heteroatoms. The van der Waals surface area contributed by atoms with Gasteiger partial charge in [-0.1, -0.05) is 23.4 Å². The number of aromatic nitrogens is 4. The zero-order valence-corrected chi connectivity index (χ0v) is 13.1. The third-order valence-corrected chi connectivity index (χ3v) is 4.43. The molecule has 0 bridgehead atoms. The van der Waals surface area contributed by atoms with Crippen LogP contribution in [0.2, 0.25) is 0 Å². The highest BCUT2D eigenvalue weighted by Crippen LogP contribution is 2.32. The summed E-state index contributed by atoms with van der Waals surface area (Å²) in [7, 11) is 0. The molecule has 0 saturated carbocycles. The van der Waals surface area contributed by atoms with Crippen molar-refractivity contribution in [2.24, 2.45) is 0 Å². The molecule has 0 fully saturated rings. The lowest BCUT2D eigenvalue weighted by Crippen LogP contribution is -1.81. The van der Waals surface area contributed by atoms with E-state index in [4.69, 9.17) is 8.94 Å². The SMILES string of the molecule is c1ccc2oc(-c3noc(-c4cn[nH]c4-c4ccsc4)n3)cc2c1. The Morgan fingerprint density at radius 1 is 1.12 bits per heavy atom. The first kappa shape index (κ1) is 13.3. The number of H-pyrrole nitrogens is 1. The molecule has 0 radical (unpaired) electrons. The third kappa shape index (κ3) is 2.06. The van der Waals surface area contributed by atoms with E-state index in [-0.39, 0.29) is 0 Å². The molecule has 0 saturated heterocycles. The summed E-state index contributed by atoms with van der Waals surface area (Å²) in [6, 6.07) is 11.7. The maximum atomic E-state index is 5.78. The number of aromatic amines is 1. The summed E-state index contributed by atoms with van der Waals surface area (Å²) in [5.74, 6) is 1.39. The molecule has 0 aliphatic rings. The molecule has 4 aromatic heterocycles. The van der Waals surface area contributed by atoms with Crippen LogP contribution in [-0.2, 0) is 0 Å². The molecule has 0 atom stereocenters. The van der Waals surface area contributed by atoms with Gasteiger partial charge in [0.15, 0.2) is 5.76 Å². The van der Waals surface area contributed by atoms with Gasteiger partial charge < -0.3 is 8.94 Å². The molecule has 0 aliphatic heterocycles. The van der Waals surface area contributed by atoms with Gasteiger partial charge in [0.05, 0.1) is 17.5 Å². The topological polar surface area (TPSA) is 80.7 Å². The number of hydrogen-bond acceptors (Lipinski definition) is 6. The Kier molecular flexibility index (Phi) is 2.86. The van der Waals surface area contributed by atoms with Crippen molar-refractivity contribution in [1.82, 2.24) is 20.3 Å². The Hall–Kier alpha value is -3.19. The number of benzene rings is 1. The van der Waals surface area contributed by atoms with Crippen molar-refractivity contribution in [2.75, 3.05) is 0 Å². The molecule has 6 nitrogen and oxygen atoms in total. The van der Waals surface area contributed by atoms with Crippen LogP contribution in [0.5, 0.6) is 0 Å². The first-order valence-corrected chi connectivity index (χ1v) is 8.22. The summed E-state index contributed by atoms with van der Waals surface area (Å²) in [6.07, 6.45) is 1.68. The van der Waals surface area contributed by atoms with Gasteiger partial charge in [0.25, 0.3) is 5.89 Å². The van der Waals surface area contributed by atoms with E-state index < -0.39 is 0 Å². The van der Waals surface area contributed by atoms with Gasteiger partial charge in [0.1, 0.15) is 5.58 Å². The van der Waals surface area contributed by atoms with E-state index in [1.165, 1.54) is 0 Å². The summed E-state index contributed by atoms with van der Waals surface area (Å²) in [4.78, 5) is 4.46. The van der Waals surface area contributed by atoms with Gasteiger partial charge in [-0.15, -0.1) is 0 Å². The van der Waals surface area contributed by atoms with E-state index in [0.29, 0.717) is 17.5 Å². The minimum Gasteiger partial charge on any atom is -0.453 e. The van der Waals surface area contributed by atoms with E-state index in [1.54, 1.807) is 17.5 Å². The average molecular weight is 334 g/mol. The van der Waals surface area contributed by atoms with Crippen LogP contribution in [0.15, 0.2) is 62.3 Å². The molecule has 0 spiro atoms. The van der Waals surface area contributed by atoms with Gasteiger partial charge in [0.2, 0.25) is 5.82 Å². The highest BCUT2D eigenvalue weighted by atomic mass is 32.1. The number of nitrogens with zero attached hydrogens (tertiary/aromatic N) is 3. The van der Waals surface area contributed by atoms with Crippen LogP contribution in [0, 0.1) is 0 Å². The van der Waals surface area contributed by atoms with E-state index in [2.05, 4.69) is 20.3 Å². The van der Waals surface area contributed by atoms with Crippen molar-refractivity contribution in [3.8, 4) is 34.3 Å². The van der Waals surface area contributed by atoms with Crippen molar-refractivity contribution in [2.45, 2.75) is 0 Å². The quantitative estimate of drug-likeness (QED) is 0.521. The first-order chi connectivity index (χ1) is 11.9. The largest absolute Gasteiger partial charge is 0.453 e. The van der Waals surface area contributed by atoms with Crippen molar-refractivity contribution in [1.29, 1.82) is 0 Å². The Balaban J connectivity index is 1.57. The summed E-state index contributed by atoms with van der Waals surface area (Å²) in [6.45, 7) is 0. The molecule has 1 aromatic carbocycles. The van der Waals surface area contributed by atoms with Crippen LogP contribution in [0.4, 0.5) is 0 Å². The van der Waals surface area contributed by atoms with Crippen LogP contribution in [0.1, 0.15) is 0 Å². The van der Waals surface area contributed by atoms with Gasteiger partial charge in [-0.3, -0.25) is 5.10 Å². The maximum absolute atomic E-state index is 5.78. The third-order valence-electron chi connectivity index (χ3n) is 3.75. The predicted molar refractivity (Wildman–Crippen MR) is 90.4 cm³/mol. The molecule has 0 aliphatic carbocycles. The Bertz CT molecular complexity index is 1090. The fraction of sp³-hybridized carbons (Fsp3) is 0. The van der Waals surface area contributed by atoms with Gasteiger partial charge in [-0.2, -0.15) is 21.4 Å². The molecular formula is C17H10N4O2S. The molecule has 5 aromatic rings. The minimum absolute atomic E-state index is 0.403. The van der Waals surface area contributed by atoms with Crippen LogP contribution in [0.25, 0.3) is 45.3 Å². The summed E-state index contributed by atoms with van der Waals surface area (Å²) in [5.41, 5.74) is 3.46. The van der Waals surface area contributed by atoms with E-state index >= 15 is 0 Å². The van der Waals surface area contributed by atoms with Gasteiger partial charge >= 0.3 is 0 Å². The number of hydrogen-bond donors (Lipinski definition) is 1. The Labute approximate surface area is 139 Å². The normalized spacial score (nSPS) is 11.3. The summed E-state index contributed by atoms with van der Waals surface area (Å²) >= 11 is 1.62. The lowest BCUT2D eigenvalue weighted by Gasteiger charge is -1.94. The second-order valence-corrected chi connectivity index (χ2v) is 6.02. The average Bonchev–Trinajstić information content (AvgIpc) is 3.40. The first-order valence-electron chi connectivity index (χ1n) is 7.27. The van der Waals surface area contributed by atoms with Crippen LogP contribution < -0.4 is 0 Å². The fourth-order valence-electron chi connectivity index (χ4n) is 2.60. The van der Waals surface area contributed by atoms with Gasteiger partial charge in [-0.25, -0.2) is 0 Å². The number of para-hydroxylation sites is 1. The van der Waals surface area contributed by atoms with Crippen molar-refractivity contribution in [3.63, 3.8) is 0 Å². The van der Waals surface area contributed by atoms with Crippen LogP contribution in [-0.4, -0.2) is 20.3 Å². The molecule has 116 valence electrons. The van der Waals surface area contributed by atoms with E-state index in [1.807, 2.05) is 47.2 Å². The van der Waals surface area contributed by atoms with Crippen molar-refractivity contribution in [3.05, 3.63) is 53.4 Å². The lowest BCUT2D eigenvalue weighted by atomic mass is 10.1. The minimum atomic E-state index is 0.403. The highest BCUT2D eigenvalue weighted by molar-refractivity contribution is 7.08.